The quantitative estimate of drug-likeness (QED) is 0.739. The molecule has 2 aromatic carbocycles. The highest BCUT2D eigenvalue weighted by atomic mass is 32.2. The van der Waals surface area contributed by atoms with Crippen LogP contribution in [0.2, 0.25) is 0 Å². The fourth-order valence-corrected chi connectivity index (χ4v) is 5.76. The molecule has 0 aliphatic carbocycles. The largest absolute Gasteiger partial charge is 0.497 e. The fraction of sp³-hybridized carbons (Fsp3) is 0.381. The Morgan fingerprint density at radius 1 is 1.03 bits per heavy atom. The van der Waals surface area contributed by atoms with E-state index in [0.29, 0.717) is 43.9 Å². The van der Waals surface area contributed by atoms with Crippen LogP contribution in [0.3, 0.4) is 0 Å². The lowest BCUT2D eigenvalue weighted by molar-refractivity contribution is -0.0857. The molecule has 7 nitrogen and oxygen atoms in total. The van der Waals surface area contributed by atoms with Crippen molar-refractivity contribution in [2.24, 2.45) is 0 Å². The number of rotatable bonds is 4. The molecule has 2 aliphatic rings. The van der Waals surface area contributed by atoms with E-state index >= 15 is 0 Å². The maximum Gasteiger partial charge on any atom is 0.253 e. The van der Waals surface area contributed by atoms with Crippen LogP contribution in [-0.2, 0) is 14.8 Å². The van der Waals surface area contributed by atoms with Crippen LogP contribution in [0.25, 0.3) is 0 Å². The zero-order chi connectivity index (χ0) is 21.4. The summed E-state index contributed by atoms with van der Waals surface area (Å²) < 4.78 is 52.1. The van der Waals surface area contributed by atoms with Gasteiger partial charge in [-0.1, -0.05) is 0 Å². The molecule has 0 saturated carbocycles. The van der Waals surface area contributed by atoms with Crippen LogP contribution in [0.4, 0.5) is 4.39 Å². The van der Waals surface area contributed by atoms with Gasteiger partial charge in [-0.05, 0) is 48.5 Å². The number of sulfonamides is 1. The summed E-state index contributed by atoms with van der Waals surface area (Å²) in [6, 6.07) is 11.7. The average Bonchev–Trinajstić information content (AvgIpc) is 3.18. The molecule has 1 amide bonds. The van der Waals surface area contributed by atoms with Gasteiger partial charge in [0.25, 0.3) is 5.91 Å². The molecule has 30 heavy (non-hydrogen) atoms. The number of ether oxygens (including phenoxy) is 2. The summed E-state index contributed by atoms with van der Waals surface area (Å²) >= 11 is 0. The van der Waals surface area contributed by atoms with Crippen molar-refractivity contribution in [3.8, 4) is 5.75 Å². The summed E-state index contributed by atoms with van der Waals surface area (Å²) in [7, 11) is -2.24. The maximum absolute atomic E-state index is 13.3. The molecule has 1 spiro atoms. The van der Waals surface area contributed by atoms with Gasteiger partial charge in [-0.15, -0.1) is 0 Å². The minimum atomic E-state index is -3.76. The average molecular weight is 434 g/mol. The number of benzene rings is 2. The van der Waals surface area contributed by atoms with E-state index in [1.807, 2.05) is 0 Å². The van der Waals surface area contributed by atoms with Crippen LogP contribution in [0, 0.1) is 5.82 Å². The van der Waals surface area contributed by atoms with Crippen LogP contribution in [0.15, 0.2) is 53.4 Å². The van der Waals surface area contributed by atoms with Gasteiger partial charge in [0, 0.05) is 38.0 Å². The molecule has 160 valence electrons. The van der Waals surface area contributed by atoms with Crippen molar-refractivity contribution in [1.29, 1.82) is 0 Å². The zero-order valence-corrected chi connectivity index (χ0v) is 17.4. The monoisotopic (exact) mass is 434 g/mol. The Bertz CT molecular complexity index is 1020. The first-order chi connectivity index (χ1) is 14.4. The van der Waals surface area contributed by atoms with Gasteiger partial charge >= 0.3 is 0 Å². The second-order valence-electron chi connectivity index (χ2n) is 7.35. The van der Waals surface area contributed by atoms with E-state index in [2.05, 4.69) is 0 Å². The van der Waals surface area contributed by atoms with Crippen LogP contribution in [0.5, 0.6) is 5.75 Å². The summed E-state index contributed by atoms with van der Waals surface area (Å²) in [5.41, 5.74) is -0.555. The van der Waals surface area contributed by atoms with E-state index in [9.17, 15) is 17.6 Å². The molecule has 4 rings (SSSR count). The Labute approximate surface area is 175 Å². The minimum absolute atomic E-state index is 0.179. The highest BCUT2D eigenvalue weighted by molar-refractivity contribution is 7.89. The molecule has 0 radical (unpaired) electrons. The zero-order valence-electron chi connectivity index (χ0n) is 16.6. The Morgan fingerprint density at radius 3 is 2.27 bits per heavy atom. The lowest BCUT2D eigenvalue weighted by atomic mass is 10.00. The lowest BCUT2D eigenvalue weighted by Gasteiger charge is -2.42. The number of likely N-dealkylation sites (tertiary alicyclic amines) is 1. The van der Waals surface area contributed by atoms with Gasteiger partial charge in [-0.25, -0.2) is 12.8 Å². The smallest absolute Gasteiger partial charge is 0.253 e. The van der Waals surface area contributed by atoms with E-state index in [4.69, 9.17) is 9.47 Å². The molecular weight excluding hydrogens is 411 g/mol. The standard InChI is InChI=1S/C21H23FN2O5S/c1-28-18-6-8-19(9-7-18)30(26,27)24-14-15-29-21(24)10-12-23(13-11-21)20(25)16-2-4-17(22)5-3-16/h2-9H,10-15H2,1H3. The molecule has 9 heteroatoms. The van der Waals surface area contributed by atoms with Gasteiger partial charge in [0.15, 0.2) is 0 Å². The molecule has 0 N–H and O–H groups in total. The van der Waals surface area contributed by atoms with E-state index in [-0.39, 0.29) is 17.3 Å². The number of carbonyl (C=O) groups is 1. The first kappa shape index (κ1) is 20.8. The Balaban J connectivity index is 1.50. The highest BCUT2D eigenvalue weighted by Crippen LogP contribution is 2.38. The number of piperidine rings is 1. The predicted octanol–water partition coefficient (Wildman–Crippen LogP) is 2.49. The molecular formula is C21H23FN2O5S. The van der Waals surface area contributed by atoms with Crippen molar-refractivity contribution in [3.05, 3.63) is 59.9 Å². The highest BCUT2D eigenvalue weighted by Gasteiger charge is 2.51. The minimum Gasteiger partial charge on any atom is -0.497 e. The van der Waals surface area contributed by atoms with Crippen molar-refractivity contribution in [2.45, 2.75) is 23.5 Å². The van der Waals surface area contributed by atoms with Crippen LogP contribution >= 0.6 is 0 Å². The topological polar surface area (TPSA) is 76.2 Å². The third-order valence-electron chi connectivity index (χ3n) is 5.69. The predicted molar refractivity (Wildman–Crippen MR) is 107 cm³/mol. The lowest BCUT2D eigenvalue weighted by Crippen LogP contribution is -2.55. The summed E-state index contributed by atoms with van der Waals surface area (Å²) in [4.78, 5) is 14.5. The normalized spacial score (nSPS) is 19.2. The molecule has 2 fully saturated rings. The molecule has 0 atom stereocenters. The van der Waals surface area contributed by atoms with Crippen molar-refractivity contribution < 1.29 is 27.1 Å². The second kappa shape index (κ2) is 7.98. The molecule has 0 aromatic heterocycles. The van der Waals surface area contributed by atoms with Crippen molar-refractivity contribution in [1.82, 2.24) is 9.21 Å². The Morgan fingerprint density at radius 2 is 1.67 bits per heavy atom. The van der Waals surface area contributed by atoms with Crippen molar-refractivity contribution in [3.63, 3.8) is 0 Å². The van der Waals surface area contributed by atoms with Crippen LogP contribution < -0.4 is 4.74 Å². The van der Waals surface area contributed by atoms with Gasteiger partial charge in [-0.2, -0.15) is 4.31 Å². The van der Waals surface area contributed by atoms with Gasteiger partial charge in [0.05, 0.1) is 18.6 Å². The Hall–Kier alpha value is -2.49. The van der Waals surface area contributed by atoms with Crippen molar-refractivity contribution in [2.75, 3.05) is 33.4 Å². The van der Waals surface area contributed by atoms with Crippen LogP contribution in [0.1, 0.15) is 23.2 Å². The molecule has 0 unspecified atom stereocenters. The Kier molecular flexibility index (Phi) is 5.52. The fourth-order valence-electron chi connectivity index (χ4n) is 4.04. The van der Waals surface area contributed by atoms with E-state index in [1.54, 1.807) is 17.0 Å². The number of amides is 1. The van der Waals surface area contributed by atoms with Gasteiger partial charge in [-0.3, -0.25) is 4.79 Å². The van der Waals surface area contributed by atoms with E-state index < -0.39 is 21.6 Å². The number of carbonyl (C=O) groups excluding carboxylic acids is 1. The number of nitrogens with zero attached hydrogens (tertiary/aromatic N) is 2. The molecule has 2 saturated heterocycles. The van der Waals surface area contributed by atoms with Crippen LogP contribution in [-0.4, -0.2) is 62.6 Å². The SMILES string of the molecule is COc1ccc(S(=O)(=O)N2CCOC23CCN(C(=O)c2ccc(F)cc2)CC3)cc1. The summed E-state index contributed by atoms with van der Waals surface area (Å²) in [5.74, 6) is -0.0239. The third kappa shape index (κ3) is 3.68. The number of halogens is 1. The molecule has 2 heterocycles. The van der Waals surface area contributed by atoms with Gasteiger partial charge in [0.1, 0.15) is 17.3 Å². The second-order valence-corrected chi connectivity index (χ2v) is 9.21. The van der Waals surface area contributed by atoms with Gasteiger partial charge in [0.2, 0.25) is 10.0 Å². The summed E-state index contributed by atoms with van der Waals surface area (Å²) in [5, 5.41) is 0. The first-order valence-electron chi connectivity index (χ1n) is 9.71. The first-order valence-corrected chi connectivity index (χ1v) is 11.2. The van der Waals surface area contributed by atoms with Crippen molar-refractivity contribution >= 4 is 15.9 Å². The van der Waals surface area contributed by atoms with Gasteiger partial charge < -0.3 is 14.4 Å². The van der Waals surface area contributed by atoms with E-state index in [1.165, 1.54) is 47.8 Å². The number of methoxy groups -OCH3 is 1. The summed E-state index contributed by atoms with van der Waals surface area (Å²) in [6.07, 6.45) is 0.741. The third-order valence-corrected chi connectivity index (χ3v) is 7.65. The molecule has 0 bridgehead atoms. The number of hydrogen-bond donors (Lipinski definition) is 0. The molecule has 2 aliphatic heterocycles. The molecule has 2 aromatic rings. The summed E-state index contributed by atoms with van der Waals surface area (Å²) in [6.45, 7) is 1.28. The van der Waals surface area contributed by atoms with E-state index in [0.717, 1.165) is 0 Å². The number of hydrogen-bond acceptors (Lipinski definition) is 5. The maximum atomic E-state index is 13.3.